The van der Waals surface area contributed by atoms with Crippen molar-refractivity contribution in [1.82, 2.24) is 0 Å². The Bertz CT molecular complexity index is 501. The first-order chi connectivity index (χ1) is 6.93. The van der Waals surface area contributed by atoms with Crippen LogP contribution in [0.3, 0.4) is 0 Å². The summed E-state index contributed by atoms with van der Waals surface area (Å²) in [6, 6.07) is 3.44. The number of benzene rings is 1. The van der Waals surface area contributed by atoms with Crippen molar-refractivity contribution in [3.8, 4) is 0 Å². The molecule has 0 bridgehead atoms. The van der Waals surface area contributed by atoms with Crippen molar-refractivity contribution in [3.05, 3.63) is 37.2 Å². The smallest absolute Gasteiger partial charge is 0.173 e. The Morgan fingerprint density at radius 1 is 0.500 bits per heavy atom. The average Bonchev–Trinajstić information content (AvgIpc) is 2.26. The Morgan fingerprint density at radius 2 is 0.786 bits per heavy atom. The molecule has 1 aromatic carbocycles. The van der Waals surface area contributed by atoms with Crippen LogP contribution < -0.4 is 0 Å². The molecule has 0 unspecified atom stereocenters. The van der Waals surface area contributed by atoms with Gasteiger partial charge in [0.05, 0.1) is 0 Å². The Kier molecular flexibility index (Phi) is 1.41. The molecule has 0 N–H and O–H groups in total. The Morgan fingerprint density at radius 3 is 1.07 bits per heavy atom. The minimum Gasteiger partial charge on any atom is -0.458 e. The largest absolute Gasteiger partial charge is 0.458 e. The summed E-state index contributed by atoms with van der Waals surface area (Å²) in [5, 5.41) is 0. The average molecular weight is 190 g/mol. The molecule has 2 heterocycles. The quantitative estimate of drug-likeness (QED) is 0.509. The topological polar surface area (TPSA) is 52.6 Å². The van der Waals surface area contributed by atoms with Crippen LogP contribution in [0.15, 0.2) is 54.9 Å². The molecule has 3 aromatic rings. The Labute approximate surface area is 78.0 Å². The van der Waals surface area contributed by atoms with Crippen molar-refractivity contribution in [2.24, 2.45) is 0 Å². The third-order valence-electron chi connectivity index (χ3n) is 1.90. The molecule has 0 aliphatic rings. The number of hydrogen-bond acceptors (Lipinski definition) is 4. The van der Waals surface area contributed by atoms with Crippen LogP contribution in [0.25, 0.3) is 22.3 Å². The predicted octanol–water partition coefficient (Wildman–Crippen LogP) is 3.49. The fourth-order valence-electron chi connectivity index (χ4n) is 1.30. The van der Waals surface area contributed by atoms with Crippen LogP contribution in [-0.2, 0) is 0 Å². The van der Waals surface area contributed by atoms with E-state index in [9.17, 15) is 0 Å². The zero-order valence-corrected chi connectivity index (χ0v) is 7.10. The van der Waals surface area contributed by atoms with Crippen LogP contribution in [0, 0.1) is 0 Å². The van der Waals surface area contributed by atoms with E-state index in [1.54, 1.807) is 12.1 Å². The Hall–Kier alpha value is -2.10. The molecule has 0 spiro atoms. The first kappa shape index (κ1) is 7.32. The standard InChI is InChI=1S/C10H6O4/c1-2-12-8-6-10-9(5-7(8)11-1)13-3-4-14-10/h1-6H. The summed E-state index contributed by atoms with van der Waals surface area (Å²) in [5.41, 5.74) is 2.46. The van der Waals surface area contributed by atoms with Gasteiger partial charge in [-0.2, -0.15) is 0 Å². The maximum atomic E-state index is 5.22. The van der Waals surface area contributed by atoms with Crippen LogP contribution in [0.1, 0.15) is 0 Å². The molecule has 3 rings (SSSR count). The van der Waals surface area contributed by atoms with Gasteiger partial charge in [0.25, 0.3) is 0 Å². The molecule has 4 heteroatoms. The van der Waals surface area contributed by atoms with Gasteiger partial charge in [0.1, 0.15) is 25.1 Å². The van der Waals surface area contributed by atoms with E-state index in [1.165, 1.54) is 25.1 Å². The SMILES string of the molecule is c1coc2cc3occoc3cc2o1. The van der Waals surface area contributed by atoms with Gasteiger partial charge in [-0.05, 0) is 0 Å². The van der Waals surface area contributed by atoms with Crippen molar-refractivity contribution in [2.45, 2.75) is 0 Å². The number of rotatable bonds is 0. The minimum atomic E-state index is 0.616. The zero-order chi connectivity index (χ0) is 9.38. The van der Waals surface area contributed by atoms with Gasteiger partial charge < -0.3 is 17.7 Å². The summed E-state index contributed by atoms with van der Waals surface area (Å²) in [5.74, 6) is 0. The van der Waals surface area contributed by atoms with Gasteiger partial charge in [-0.25, -0.2) is 0 Å². The fourth-order valence-corrected chi connectivity index (χ4v) is 1.30. The van der Waals surface area contributed by atoms with Crippen LogP contribution in [0.5, 0.6) is 0 Å². The van der Waals surface area contributed by atoms with Crippen LogP contribution in [0.4, 0.5) is 0 Å². The molecule has 14 heavy (non-hydrogen) atoms. The Balaban J connectivity index is 2.52. The molecule has 4 nitrogen and oxygen atoms in total. The van der Waals surface area contributed by atoms with E-state index in [-0.39, 0.29) is 0 Å². The molecule has 0 saturated carbocycles. The molecule has 0 saturated heterocycles. The van der Waals surface area contributed by atoms with Crippen molar-refractivity contribution in [3.63, 3.8) is 0 Å². The third kappa shape index (κ3) is 1.01. The number of fused-ring (bicyclic) bond motifs is 2. The molecule has 0 amide bonds. The van der Waals surface area contributed by atoms with Crippen molar-refractivity contribution in [2.75, 3.05) is 0 Å². The maximum Gasteiger partial charge on any atom is 0.173 e. The fraction of sp³-hybridized carbons (Fsp3) is 0. The molecule has 70 valence electrons. The van der Waals surface area contributed by atoms with Gasteiger partial charge in [-0.3, -0.25) is 0 Å². The van der Waals surface area contributed by atoms with Crippen molar-refractivity contribution < 1.29 is 17.7 Å². The molecule has 0 fully saturated rings. The monoisotopic (exact) mass is 190 g/mol. The van der Waals surface area contributed by atoms with E-state index in [2.05, 4.69) is 0 Å². The summed E-state index contributed by atoms with van der Waals surface area (Å²) in [6.07, 6.45) is 5.87. The van der Waals surface area contributed by atoms with E-state index in [0.29, 0.717) is 22.3 Å². The van der Waals surface area contributed by atoms with E-state index in [0.717, 1.165) is 0 Å². The second kappa shape index (κ2) is 2.70. The molecular weight excluding hydrogens is 184 g/mol. The molecule has 0 radical (unpaired) electrons. The summed E-state index contributed by atoms with van der Waals surface area (Å²) >= 11 is 0. The molecule has 0 aliphatic heterocycles. The first-order valence-electron chi connectivity index (χ1n) is 4.08. The van der Waals surface area contributed by atoms with Crippen molar-refractivity contribution >= 4 is 22.3 Å². The van der Waals surface area contributed by atoms with Gasteiger partial charge >= 0.3 is 0 Å². The molecule has 0 atom stereocenters. The van der Waals surface area contributed by atoms with Gasteiger partial charge in [0.15, 0.2) is 22.3 Å². The number of hydrogen-bond donors (Lipinski definition) is 0. The molecule has 0 aliphatic carbocycles. The van der Waals surface area contributed by atoms with Gasteiger partial charge in [-0.1, -0.05) is 0 Å². The highest BCUT2D eigenvalue weighted by Gasteiger charge is 2.03. The van der Waals surface area contributed by atoms with Crippen LogP contribution >= 0.6 is 0 Å². The normalized spacial score (nSPS) is 10.9. The maximum absolute atomic E-state index is 5.22. The zero-order valence-electron chi connectivity index (χ0n) is 7.10. The van der Waals surface area contributed by atoms with Gasteiger partial charge in [0, 0.05) is 12.1 Å². The molecule has 2 aromatic heterocycles. The summed E-state index contributed by atoms with van der Waals surface area (Å²) in [4.78, 5) is 0. The van der Waals surface area contributed by atoms with Crippen LogP contribution in [-0.4, -0.2) is 0 Å². The van der Waals surface area contributed by atoms with E-state index in [1.807, 2.05) is 0 Å². The lowest BCUT2D eigenvalue weighted by molar-refractivity contribution is 0.494. The van der Waals surface area contributed by atoms with Gasteiger partial charge in [-0.15, -0.1) is 0 Å². The van der Waals surface area contributed by atoms with E-state index >= 15 is 0 Å². The summed E-state index contributed by atoms with van der Waals surface area (Å²) in [7, 11) is 0. The first-order valence-corrected chi connectivity index (χ1v) is 4.08. The van der Waals surface area contributed by atoms with Crippen molar-refractivity contribution in [1.29, 1.82) is 0 Å². The van der Waals surface area contributed by atoms with E-state index < -0.39 is 0 Å². The highest BCUT2D eigenvalue weighted by Crippen LogP contribution is 2.21. The highest BCUT2D eigenvalue weighted by atomic mass is 16.4. The lowest BCUT2D eigenvalue weighted by atomic mass is 10.3. The molecular formula is C10H6O4. The van der Waals surface area contributed by atoms with Gasteiger partial charge in [0.2, 0.25) is 0 Å². The highest BCUT2D eigenvalue weighted by molar-refractivity contribution is 5.85. The van der Waals surface area contributed by atoms with Crippen LogP contribution in [0.2, 0.25) is 0 Å². The minimum absolute atomic E-state index is 0.616. The lowest BCUT2D eigenvalue weighted by Gasteiger charge is -1.97. The second-order valence-corrected chi connectivity index (χ2v) is 2.76. The predicted molar refractivity (Wildman–Crippen MR) is 48.1 cm³/mol. The lowest BCUT2D eigenvalue weighted by Crippen LogP contribution is -1.74. The second-order valence-electron chi connectivity index (χ2n) is 2.76. The summed E-state index contributed by atoms with van der Waals surface area (Å²) in [6.45, 7) is 0. The third-order valence-corrected chi connectivity index (χ3v) is 1.90. The summed E-state index contributed by atoms with van der Waals surface area (Å²) < 4.78 is 20.9. The van der Waals surface area contributed by atoms with E-state index in [4.69, 9.17) is 17.7 Å².